The Morgan fingerprint density at radius 1 is 1.14 bits per heavy atom. The lowest BCUT2D eigenvalue weighted by Gasteiger charge is -2.13. The maximum atomic E-state index is 12.4. The van der Waals surface area contributed by atoms with Crippen LogP contribution in [0.15, 0.2) is 69.8 Å². The number of hydrogen-bond acceptors (Lipinski definition) is 7. The quantitative estimate of drug-likeness (QED) is 0.0897. The second-order valence-corrected chi connectivity index (χ2v) is 10.4. The zero-order valence-electron chi connectivity index (χ0n) is 18.0. The lowest BCUT2D eigenvalue weighted by atomic mass is 10.1. The van der Waals surface area contributed by atoms with Crippen LogP contribution in [-0.4, -0.2) is 23.9 Å². The van der Waals surface area contributed by atoms with E-state index in [4.69, 9.17) is 14.2 Å². The highest BCUT2D eigenvalue weighted by Gasteiger charge is 2.25. The summed E-state index contributed by atoms with van der Waals surface area (Å²) in [5.74, 6) is 0.626. The highest BCUT2D eigenvalue weighted by molar-refractivity contribution is 14.1. The number of benzene rings is 3. The molecule has 0 N–H and O–H groups in total. The molecule has 8 nitrogen and oxygen atoms in total. The molecule has 1 aliphatic heterocycles. The number of aliphatic imine (C=N–C) groups is 1. The Balaban J connectivity index is 1.58. The summed E-state index contributed by atoms with van der Waals surface area (Å²) in [7, 11) is 1.51. The number of non-ortho nitro benzene ring substituents is 1. The molecule has 0 aliphatic carbocycles. The Hall–Kier alpha value is -2.52. The van der Waals surface area contributed by atoms with Crippen molar-refractivity contribution in [3.05, 3.63) is 98.7 Å². The van der Waals surface area contributed by atoms with Crippen LogP contribution >= 0.6 is 61.1 Å². The molecule has 3 aromatic carbocycles. The van der Waals surface area contributed by atoms with Crippen molar-refractivity contribution in [2.75, 3.05) is 7.11 Å². The van der Waals surface area contributed by atoms with Gasteiger partial charge in [0.2, 0.25) is 5.90 Å². The van der Waals surface area contributed by atoms with E-state index in [1.54, 1.807) is 24.3 Å². The summed E-state index contributed by atoms with van der Waals surface area (Å²) >= 11 is 7.77. The van der Waals surface area contributed by atoms with E-state index in [1.165, 1.54) is 19.2 Å². The van der Waals surface area contributed by atoms with Crippen LogP contribution in [0.3, 0.4) is 0 Å². The molecule has 1 heterocycles. The van der Waals surface area contributed by atoms with Crippen molar-refractivity contribution in [1.82, 2.24) is 0 Å². The number of carbonyl (C=O) groups is 1. The molecule has 35 heavy (non-hydrogen) atoms. The van der Waals surface area contributed by atoms with Crippen LogP contribution in [0.2, 0.25) is 0 Å². The zero-order valence-corrected chi connectivity index (χ0v) is 23.9. The van der Waals surface area contributed by atoms with E-state index in [-0.39, 0.29) is 23.9 Å². The molecule has 0 atom stereocenters. The number of nitro groups is 1. The van der Waals surface area contributed by atoms with E-state index in [9.17, 15) is 14.9 Å². The van der Waals surface area contributed by atoms with Crippen LogP contribution in [-0.2, 0) is 16.1 Å². The number of esters is 1. The summed E-state index contributed by atoms with van der Waals surface area (Å²) in [4.78, 5) is 27.4. The number of methoxy groups -OCH3 is 1. The molecule has 0 saturated carbocycles. The van der Waals surface area contributed by atoms with Crippen LogP contribution < -0.4 is 9.47 Å². The summed E-state index contributed by atoms with van der Waals surface area (Å²) < 4.78 is 19.4. The summed E-state index contributed by atoms with van der Waals surface area (Å²) in [6.07, 6.45) is 1.62. The van der Waals surface area contributed by atoms with Crippen LogP contribution in [0.1, 0.15) is 16.7 Å². The minimum atomic E-state index is -0.547. The average molecular weight is 761 g/mol. The third-order valence-electron chi connectivity index (χ3n) is 4.85. The lowest BCUT2D eigenvalue weighted by molar-refractivity contribution is -0.384. The van der Waals surface area contributed by atoms with E-state index < -0.39 is 10.9 Å². The van der Waals surface area contributed by atoms with Crippen LogP contribution in [0.25, 0.3) is 6.08 Å². The van der Waals surface area contributed by atoms with Crippen molar-refractivity contribution < 1.29 is 23.9 Å². The zero-order chi connectivity index (χ0) is 25.1. The standard InChI is InChI=1S/C24H15BrI2N2O6/c1-33-21-10-14(8-19(27)22(21)34-12-13-3-2-4-16(7-13)29(31)32)9-20-24(30)35-23(28-20)15-5-6-18(26)17(25)11-15/h2-11H,12H2,1H3/b20-9-. The molecule has 3 aromatic rings. The molecular weight excluding hydrogens is 746 g/mol. The third-order valence-corrected chi connectivity index (χ3v) is 7.99. The van der Waals surface area contributed by atoms with Gasteiger partial charge in [-0.1, -0.05) is 12.1 Å². The highest BCUT2D eigenvalue weighted by atomic mass is 127. The van der Waals surface area contributed by atoms with Gasteiger partial charge >= 0.3 is 5.97 Å². The first-order valence-corrected chi connectivity index (χ1v) is 12.9. The smallest absolute Gasteiger partial charge is 0.363 e. The van der Waals surface area contributed by atoms with Gasteiger partial charge < -0.3 is 14.2 Å². The maximum absolute atomic E-state index is 12.4. The van der Waals surface area contributed by atoms with Crippen LogP contribution in [0.5, 0.6) is 11.5 Å². The topological polar surface area (TPSA) is 100 Å². The fourth-order valence-corrected chi connectivity index (χ4v) is 4.69. The molecule has 0 amide bonds. The number of carbonyl (C=O) groups excluding carboxylic acids is 1. The number of rotatable bonds is 7. The van der Waals surface area contributed by atoms with E-state index in [2.05, 4.69) is 66.1 Å². The average Bonchev–Trinajstić information content (AvgIpc) is 3.20. The fourth-order valence-electron chi connectivity index (χ4n) is 3.20. The molecule has 1 aliphatic rings. The Kier molecular flexibility index (Phi) is 8.06. The van der Waals surface area contributed by atoms with Gasteiger partial charge in [0.15, 0.2) is 17.2 Å². The first-order chi connectivity index (χ1) is 16.7. The van der Waals surface area contributed by atoms with Gasteiger partial charge in [-0.2, -0.15) is 0 Å². The normalized spacial score (nSPS) is 14.0. The van der Waals surface area contributed by atoms with Gasteiger partial charge in [0.05, 0.1) is 15.6 Å². The maximum Gasteiger partial charge on any atom is 0.363 e. The third kappa shape index (κ3) is 6.01. The molecule has 0 unspecified atom stereocenters. The van der Waals surface area contributed by atoms with E-state index in [0.29, 0.717) is 28.2 Å². The molecular formula is C24H15BrI2N2O6. The van der Waals surface area contributed by atoms with Crippen molar-refractivity contribution in [2.24, 2.45) is 4.99 Å². The van der Waals surface area contributed by atoms with E-state index in [1.807, 2.05) is 24.3 Å². The second kappa shape index (κ2) is 11.0. The van der Waals surface area contributed by atoms with Crippen molar-refractivity contribution in [2.45, 2.75) is 6.61 Å². The van der Waals surface area contributed by atoms with Crippen molar-refractivity contribution in [1.29, 1.82) is 0 Å². The van der Waals surface area contributed by atoms with Gasteiger partial charge in [-0.3, -0.25) is 10.1 Å². The van der Waals surface area contributed by atoms with Gasteiger partial charge in [-0.25, -0.2) is 9.79 Å². The molecule has 0 saturated heterocycles. The molecule has 0 aromatic heterocycles. The Bertz CT molecular complexity index is 1410. The highest BCUT2D eigenvalue weighted by Crippen LogP contribution is 2.36. The lowest BCUT2D eigenvalue weighted by Crippen LogP contribution is -2.05. The SMILES string of the molecule is COc1cc(/C=C2\N=C(c3ccc(I)c(Br)c3)OC2=O)cc(I)c1OCc1cccc([N+](=O)[O-])c1. The Morgan fingerprint density at radius 2 is 1.94 bits per heavy atom. The molecule has 4 rings (SSSR count). The summed E-state index contributed by atoms with van der Waals surface area (Å²) in [5.41, 5.74) is 2.18. The van der Waals surface area contributed by atoms with E-state index >= 15 is 0 Å². The van der Waals surface area contributed by atoms with Crippen molar-refractivity contribution >= 4 is 84.7 Å². The molecule has 0 bridgehead atoms. The van der Waals surface area contributed by atoms with Crippen molar-refractivity contribution in [3.63, 3.8) is 0 Å². The first-order valence-electron chi connectivity index (χ1n) is 9.97. The van der Waals surface area contributed by atoms with Gasteiger partial charge in [-0.05, 0) is 109 Å². The number of ether oxygens (including phenoxy) is 3. The number of hydrogen-bond donors (Lipinski definition) is 0. The van der Waals surface area contributed by atoms with Gasteiger partial charge in [0, 0.05) is 25.7 Å². The van der Waals surface area contributed by atoms with E-state index in [0.717, 1.165) is 11.6 Å². The van der Waals surface area contributed by atoms with Crippen LogP contribution in [0, 0.1) is 17.3 Å². The number of nitro benzene ring substituents is 1. The minimum absolute atomic E-state index is 0.00398. The largest absolute Gasteiger partial charge is 0.493 e. The summed E-state index contributed by atoms with van der Waals surface area (Å²) in [6, 6.07) is 15.4. The summed E-state index contributed by atoms with van der Waals surface area (Å²) in [6.45, 7) is 0.125. The molecule has 11 heteroatoms. The predicted molar refractivity (Wildman–Crippen MR) is 151 cm³/mol. The fraction of sp³-hybridized carbons (Fsp3) is 0.0833. The Labute approximate surface area is 235 Å². The predicted octanol–water partition coefficient (Wildman–Crippen LogP) is 6.50. The molecule has 178 valence electrons. The van der Waals surface area contributed by atoms with Gasteiger partial charge in [0.25, 0.3) is 5.69 Å². The van der Waals surface area contributed by atoms with Crippen LogP contribution in [0.4, 0.5) is 5.69 Å². The van der Waals surface area contributed by atoms with Gasteiger partial charge in [0.1, 0.15) is 6.61 Å². The number of cyclic esters (lactones) is 1. The monoisotopic (exact) mass is 760 g/mol. The molecule has 0 radical (unpaired) electrons. The molecule has 0 fully saturated rings. The first kappa shape index (κ1) is 25.6. The summed E-state index contributed by atoms with van der Waals surface area (Å²) in [5, 5.41) is 11.0. The van der Waals surface area contributed by atoms with Gasteiger partial charge in [-0.15, -0.1) is 0 Å². The number of halogens is 3. The number of nitrogens with zero attached hydrogens (tertiary/aromatic N) is 2. The molecule has 0 spiro atoms. The Morgan fingerprint density at radius 3 is 2.66 bits per heavy atom. The van der Waals surface area contributed by atoms with Crippen molar-refractivity contribution in [3.8, 4) is 11.5 Å². The minimum Gasteiger partial charge on any atom is -0.493 e. The second-order valence-electron chi connectivity index (χ2n) is 7.21.